The average Bonchev–Trinajstić information content (AvgIpc) is 3.05. The van der Waals surface area contributed by atoms with Crippen LogP contribution in [-0.4, -0.2) is 10.9 Å². The van der Waals surface area contributed by atoms with E-state index >= 15 is 0 Å². The van der Waals surface area contributed by atoms with Crippen LogP contribution < -0.4 is 10.5 Å². The molecule has 0 unspecified atom stereocenters. The molecule has 0 fully saturated rings. The fourth-order valence-electron chi connectivity index (χ4n) is 3.78. The highest BCUT2D eigenvalue weighted by Gasteiger charge is 2.24. The molecule has 0 spiro atoms. The summed E-state index contributed by atoms with van der Waals surface area (Å²) in [4.78, 5) is 14.1. The van der Waals surface area contributed by atoms with Crippen molar-refractivity contribution in [3.63, 3.8) is 0 Å². The van der Waals surface area contributed by atoms with E-state index in [0.717, 1.165) is 32.3 Å². The van der Waals surface area contributed by atoms with Gasteiger partial charge in [-0.15, -0.1) is 11.3 Å². The molecule has 0 saturated carbocycles. The normalized spacial score (nSPS) is 11.1. The summed E-state index contributed by atoms with van der Waals surface area (Å²) in [5.41, 5.74) is 10.4. The molecule has 4 rings (SSSR count). The lowest BCUT2D eigenvalue weighted by Gasteiger charge is -2.12. The second-order valence-electron chi connectivity index (χ2n) is 7.49. The zero-order valence-corrected chi connectivity index (χ0v) is 18.0. The standard InChI is InChI=1S/C25H23NO3S/c1-14-10-15(2)22(16(3)11-14)23(28)25-24(20-9-6-18(27)12-21(20)30-25)29-19-7-4-17(13-26)5-8-19/h4-12,27H,13,26H2,1-3H3. The molecule has 152 valence electrons. The minimum atomic E-state index is -0.0701. The first-order valence-electron chi connectivity index (χ1n) is 9.72. The Balaban J connectivity index is 1.86. The number of carbonyl (C=O) groups is 1. The summed E-state index contributed by atoms with van der Waals surface area (Å²) in [5.74, 6) is 1.23. The van der Waals surface area contributed by atoms with Crippen LogP contribution in [0.15, 0.2) is 54.6 Å². The van der Waals surface area contributed by atoms with Crippen molar-refractivity contribution in [1.82, 2.24) is 0 Å². The Bertz CT molecular complexity index is 1230. The van der Waals surface area contributed by atoms with E-state index < -0.39 is 0 Å². The second kappa shape index (κ2) is 7.94. The molecule has 0 aliphatic carbocycles. The molecule has 30 heavy (non-hydrogen) atoms. The van der Waals surface area contributed by atoms with Crippen LogP contribution >= 0.6 is 11.3 Å². The monoisotopic (exact) mass is 417 g/mol. The van der Waals surface area contributed by atoms with Gasteiger partial charge in [0, 0.05) is 22.2 Å². The van der Waals surface area contributed by atoms with Crippen molar-refractivity contribution in [2.24, 2.45) is 5.73 Å². The second-order valence-corrected chi connectivity index (χ2v) is 8.55. The van der Waals surface area contributed by atoms with Gasteiger partial charge < -0.3 is 15.6 Å². The number of rotatable bonds is 5. The Morgan fingerprint density at radius 3 is 2.30 bits per heavy atom. The van der Waals surface area contributed by atoms with Crippen LogP contribution in [0.5, 0.6) is 17.2 Å². The van der Waals surface area contributed by atoms with Crippen molar-refractivity contribution in [3.8, 4) is 17.2 Å². The molecule has 3 N–H and O–H groups in total. The highest BCUT2D eigenvalue weighted by atomic mass is 32.1. The third-order valence-electron chi connectivity index (χ3n) is 5.12. The maximum atomic E-state index is 13.6. The first kappa shape index (κ1) is 20.1. The summed E-state index contributed by atoms with van der Waals surface area (Å²) in [7, 11) is 0. The Morgan fingerprint density at radius 2 is 1.67 bits per heavy atom. The summed E-state index contributed by atoms with van der Waals surface area (Å²) >= 11 is 1.33. The summed E-state index contributed by atoms with van der Waals surface area (Å²) in [6, 6.07) is 16.6. The molecule has 0 aliphatic rings. The van der Waals surface area contributed by atoms with Crippen LogP contribution in [0.1, 0.15) is 37.5 Å². The molecular weight excluding hydrogens is 394 g/mol. The number of aryl methyl sites for hydroxylation is 3. The SMILES string of the molecule is Cc1cc(C)c(C(=O)c2sc3cc(O)ccc3c2Oc2ccc(CN)cc2)c(C)c1. The fourth-order valence-corrected chi connectivity index (χ4v) is 4.88. The molecule has 5 heteroatoms. The van der Waals surface area contributed by atoms with Crippen LogP contribution in [0.3, 0.4) is 0 Å². The van der Waals surface area contributed by atoms with Crippen molar-refractivity contribution >= 4 is 27.2 Å². The number of nitrogens with two attached hydrogens (primary N) is 1. The van der Waals surface area contributed by atoms with Gasteiger partial charge in [0.1, 0.15) is 16.4 Å². The van der Waals surface area contributed by atoms with Crippen LogP contribution in [0.25, 0.3) is 10.1 Å². The summed E-state index contributed by atoms with van der Waals surface area (Å²) in [6.07, 6.45) is 0. The molecular formula is C25H23NO3S. The van der Waals surface area contributed by atoms with Gasteiger partial charge in [-0.2, -0.15) is 0 Å². The number of ketones is 1. The number of phenolic OH excluding ortho intramolecular Hbond substituents is 1. The number of ether oxygens (including phenoxy) is 1. The van der Waals surface area contributed by atoms with E-state index in [-0.39, 0.29) is 11.5 Å². The first-order valence-corrected chi connectivity index (χ1v) is 10.5. The molecule has 0 radical (unpaired) electrons. The van der Waals surface area contributed by atoms with Crippen LogP contribution in [0.4, 0.5) is 0 Å². The molecule has 3 aromatic carbocycles. The number of aromatic hydroxyl groups is 1. The lowest BCUT2D eigenvalue weighted by atomic mass is 9.95. The van der Waals surface area contributed by atoms with Crippen LogP contribution in [0, 0.1) is 20.8 Å². The molecule has 1 aromatic heterocycles. The minimum Gasteiger partial charge on any atom is -0.508 e. The molecule has 0 saturated heterocycles. The van der Waals surface area contributed by atoms with Gasteiger partial charge >= 0.3 is 0 Å². The van der Waals surface area contributed by atoms with Gasteiger partial charge in [-0.25, -0.2) is 0 Å². The number of carbonyl (C=O) groups excluding carboxylic acids is 1. The number of thiophene rings is 1. The van der Waals surface area contributed by atoms with Crippen molar-refractivity contribution in [1.29, 1.82) is 0 Å². The third kappa shape index (κ3) is 3.70. The topological polar surface area (TPSA) is 72.5 Å². The number of benzene rings is 3. The zero-order valence-electron chi connectivity index (χ0n) is 17.2. The highest BCUT2D eigenvalue weighted by Crippen LogP contribution is 2.43. The zero-order chi connectivity index (χ0) is 21.4. The van der Waals surface area contributed by atoms with Crippen molar-refractivity contribution in [2.75, 3.05) is 0 Å². The van der Waals surface area contributed by atoms with Crippen molar-refractivity contribution < 1.29 is 14.6 Å². The largest absolute Gasteiger partial charge is 0.508 e. The highest BCUT2D eigenvalue weighted by molar-refractivity contribution is 7.21. The van der Waals surface area contributed by atoms with Gasteiger partial charge in [0.05, 0.1) is 0 Å². The van der Waals surface area contributed by atoms with Gasteiger partial charge in [0.25, 0.3) is 0 Å². The fraction of sp³-hybridized carbons (Fsp3) is 0.160. The molecule has 0 amide bonds. The summed E-state index contributed by atoms with van der Waals surface area (Å²) in [5, 5.41) is 10.7. The maximum absolute atomic E-state index is 13.6. The summed E-state index contributed by atoms with van der Waals surface area (Å²) < 4.78 is 7.02. The molecule has 4 nitrogen and oxygen atoms in total. The lowest BCUT2D eigenvalue weighted by Crippen LogP contribution is -2.06. The first-order chi connectivity index (χ1) is 14.4. The van der Waals surface area contributed by atoms with Gasteiger partial charge in [-0.3, -0.25) is 4.79 Å². The summed E-state index contributed by atoms with van der Waals surface area (Å²) in [6.45, 7) is 6.39. The number of phenols is 1. The molecule has 0 atom stereocenters. The average molecular weight is 418 g/mol. The van der Waals surface area contributed by atoms with Crippen molar-refractivity contribution in [2.45, 2.75) is 27.3 Å². The Labute approximate surface area is 179 Å². The van der Waals surface area contributed by atoms with Crippen molar-refractivity contribution in [3.05, 3.63) is 87.3 Å². The van der Waals surface area contributed by atoms with Crippen LogP contribution in [0.2, 0.25) is 0 Å². The number of hydrogen-bond acceptors (Lipinski definition) is 5. The number of hydrogen-bond donors (Lipinski definition) is 2. The van der Waals surface area contributed by atoms with Gasteiger partial charge in [-0.1, -0.05) is 29.8 Å². The van der Waals surface area contributed by atoms with Gasteiger partial charge in [0.15, 0.2) is 5.75 Å². The molecule has 0 bridgehead atoms. The lowest BCUT2D eigenvalue weighted by molar-refractivity contribution is 0.103. The van der Waals surface area contributed by atoms with Crippen LogP contribution in [-0.2, 0) is 6.54 Å². The van der Waals surface area contributed by atoms with E-state index in [4.69, 9.17) is 10.5 Å². The van der Waals surface area contributed by atoms with E-state index in [9.17, 15) is 9.90 Å². The third-order valence-corrected chi connectivity index (χ3v) is 6.25. The van der Waals surface area contributed by atoms with Gasteiger partial charge in [0.2, 0.25) is 5.78 Å². The van der Waals surface area contributed by atoms with Gasteiger partial charge in [-0.05, 0) is 67.8 Å². The Hall–Kier alpha value is -3.15. The Kier molecular flexibility index (Phi) is 5.33. The maximum Gasteiger partial charge on any atom is 0.207 e. The quantitative estimate of drug-likeness (QED) is 0.390. The van der Waals surface area contributed by atoms with E-state index in [1.54, 1.807) is 18.2 Å². The predicted octanol–water partition coefficient (Wildman–Crippen LogP) is 6.01. The number of fused-ring (bicyclic) bond motifs is 1. The minimum absolute atomic E-state index is 0.0701. The van der Waals surface area contributed by atoms with E-state index in [2.05, 4.69) is 0 Å². The predicted molar refractivity (Wildman–Crippen MR) is 122 cm³/mol. The molecule has 4 aromatic rings. The Morgan fingerprint density at radius 1 is 1.00 bits per heavy atom. The van der Waals surface area contributed by atoms with E-state index in [0.29, 0.717) is 28.5 Å². The van der Waals surface area contributed by atoms with E-state index in [1.165, 1.54) is 11.3 Å². The molecule has 0 aliphatic heterocycles. The van der Waals surface area contributed by atoms with E-state index in [1.807, 2.05) is 57.2 Å². The smallest absolute Gasteiger partial charge is 0.207 e. The molecule has 1 heterocycles.